The summed E-state index contributed by atoms with van der Waals surface area (Å²) in [7, 11) is 0. The molecule has 0 aromatic heterocycles. The highest BCUT2D eigenvalue weighted by atomic mass is 35.5. The maximum Gasteiger partial charge on any atom is 0.338 e. The Balaban J connectivity index is 1.96. The molecular formula is C23H23ClO7. The zero-order valence-corrected chi connectivity index (χ0v) is 17.7. The summed E-state index contributed by atoms with van der Waals surface area (Å²) in [5.41, 5.74) is -1.19. The van der Waals surface area contributed by atoms with Gasteiger partial charge < -0.3 is 19.3 Å². The molecule has 0 radical (unpaired) electrons. The fourth-order valence-corrected chi connectivity index (χ4v) is 2.64. The summed E-state index contributed by atoms with van der Waals surface area (Å²) in [5.74, 6) is -1.80. The first-order chi connectivity index (χ1) is 14.8. The minimum atomic E-state index is -1.89. The van der Waals surface area contributed by atoms with E-state index in [1.54, 1.807) is 60.7 Å². The maximum absolute atomic E-state index is 12.2. The molecule has 2 aromatic carbocycles. The van der Waals surface area contributed by atoms with Gasteiger partial charge in [0.05, 0.1) is 16.5 Å². The average molecular weight is 447 g/mol. The molecule has 2 aromatic rings. The van der Waals surface area contributed by atoms with Gasteiger partial charge in [0.2, 0.25) is 0 Å². The van der Waals surface area contributed by atoms with Crippen molar-refractivity contribution in [2.24, 2.45) is 0 Å². The summed E-state index contributed by atoms with van der Waals surface area (Å²) in [6, 6.07) is 16.7. The van der Waals surface area contributed by atoms with E-state index in [0.29, 0.717) is 11.1 Å². The molecule has 0 aliphatic rings. The Morgan fingerprint density at radius 2 is 1.39 bits per heavy atom. The predicted molar refractivity (Wildman–Crippen MR) is 114 cm³/mol. The van der Waals surface area contributed by atoms with E-state index in [0.717, 1.165) is 0 Å². The van der Waals surface area contributed by atoms with Crippen LogP contribution in [0.3, 0.4) is 0 Å². The Kier molecular flexibility index (Phi) is 9.24. The highest BCUT2D eigenvalue weighted by molar-refractivity contribution is 6.22. The van der Waals surface area contributed by atoms with Gasteiger partial charge in [0.15, 0.2) is 5.60 Å². The van der Waals surface area contributed by atoms with Gasteiger partial charge in [-0.25, -0.2) is 9.59 Å². The van der Waals surface area contributed by atoms with Gasteiger partial charge >= 0.3 is 17.9 Å². The highest BCUT2D eigenvalue weighted by Gasteiger charge is 2.37. The molecule has 31 heavy (non-hydrogen) atoms. The molecule has 8 heteroatoms. The number of hydrogen-bond donors (Lipinski definition) is 1. The van der Waals surface area contributed by atoms with E-state index >= 15 is 0 Å². The fourth-order valence-electron chi connectivity index (χ4n) is 2.41. The van der Waals surface area contributed by atoms with E-state index in [2.05, 4.69) is 0 Å². The van der Waals surface area contributed by atoms with Crippen molar-refractivity contribution < 1.29 is 33.7 Å². The number of aliphatic hydroxyl groups is 1. The van der Waals surface area contributed by atoms with Crippen LogP contribution in [-0.2, 0) is 19.0 Å². The van der Waals surface area contributed by atoms with Crippen LogP contribution in [0.1, 0.15) is 27.6 Å². The Morgan fingerprint density at radius 1 is 0.903 bits per heavy atom. The normalized spacial score (nSPS) is 13.8. The number of carbonyl (C=O) groups is 3. The molecule has 0 saturated heterocycles. The summed E-state index contributed by atoms with van der Waals surface area (Å²) >= 11 is 6.27. The second-order valence-electron chi connectivity index (χ2n) is 6.62. The Hall–Kier alpha value is -3.16. The molecule has 0 saturated carbocycles. The third-order valence-electron chi connectivity index (χ3n) is 4.13. The molecule has 2 unspecified atom stereocenters. The van der Waals surface area contributed by atoms with Crippen molar-refractivity contribution in [3.05, 3.63) is 83.9 Å². The van der Waals surface area contributed by atoms with E-state index in [4.69, 9.17) is 25.8 Å². The fraction of sp³-hybridized carbons (Fsp3) is 0.261. The van der Waals surface area contributed by atoms with Crippen molar-refractivity contribution in [2.75, 3.05) is 19.8 Å². The van der Waals surface area contributed by atoms with Gasteiger partial charge in [-0.1, -0.05) is 42.5 Å². The van der Waals surface area contributed by atoms with Crippen molar-refractivity contribution in [3.63, 3.8) is 0 Å². The first kappa shape index (κ1) is 24.1. The molecule has 0 fully saturated rings. The SMILES string of the molecule is CC(=O)OCC(O)(COC(=O)c1ccccc1)C(Cl)C=CCOC(=O)c1ccccc1. The zero-order chi connectivity index (χ0) is 22.7. The first-order valence-corrected chi connectivity index (χ1v) is 9.86. The Labute approximate surface area is 185 Å². The van der Waals surface area contributed by atoms with Crippen LogP contribution in [0.5, 0.6) is 0 Å². The van der Waals surface area contributed by atoms with Gasteiger partial charge in [0, 0.05) is 6.92 Å². The van der Waals surface area contributed by atoms with Crippen LogP contribution in [0, 0.1) is 0 Å². The third-order valence-corrected chi connectivity index (χ3v) is 4.68. The molecule has 7 nitrogen and oxygen atoms in total. The molecule has 0 bridgehead atoms. The second-order valence-corrected chi connectivity index (χ2v) is 7.09. The zero-order valence-electron chi connectivity index (χ0n) is 16.9. The van der Waals surface area contributed by atoms with E-state index in [-0.39, 0.29) is 6.61 Å². The van der Waals surface area contributed by atoms with Gasteiger partial charge in [0.25, 0.3) is 0 Å². The number of alkyl halides is 1. The van der Waals surface area contributed by atoms with Crippen molar-refractivity contribution in [2.45, 2.75) is 17.9 Å². The summed E-state index contributed by atoms with van der Waals surface area (Å²) in [5, 5.41) is 9.76. The summed E-state index contributed by atoms with van der Waals surface area (Å²) in [6.07, 6.45) is 2.82. The number of halogens is 1. The van der Waals surface area contributed by atoms with E-state index in [9.17, 15) is 19.5 Å². The van der Waals surface area contributed by atoms with E-state index < -0.39 is 42.1 Å². The molecule has 2 atom stereocenters. The minimum Gasteiger partial charge on any atom is -0.463 e. The minimum absolute atomic E-state index is 0.0929. The van der Waals surface area contributed by atoms with Crippen LogP contribution in [0.4, 0.5) is 0 Å². The number of benzene rings is 2. The standard InChI is InChI=1S/C23H23ClO7/c1-17(25)30-15-23(28,16-31-22(27)19-11-6-3-7-12-19)20(24)13-8-14-29-21(26)18-9-4-2-5-10-18/h2-13,20,28H,14-16H2,1H3. The number of esters is 3. The third kappa shape index (κ3) is 7.88. The van der Waals surface area contributed by atoms with Crippen LogP contribution < -0.4 is 0 Å². The van der Waals surface area contributed by atoms with Crippen LogP contribution in [-0.4, -0.2) is 53.8 Å². The van der Waals surface area contributed by atoms with Crippen molar-refractivity contribution in [1.82, 2.24) is 0 Å². The average Bonchev–Trinajstić information content (AvgIpc) is 2.79. The lowest BCUT2D eigenvalue weighted by atomic mass is 10.0. The quantitative estimate of drug-likeness (QED) is 0.259. The van der Waals surface area contributed by atoms with Crippen molar-refractivity contribution >= 4 is 29.5 Å². The van der Waals surface area contributed by atoms with E-state index in [1.165, 1.54) is 19.1 Å². The van der Waals surface area contributed by atoms with Crippen molar-refractivity contribution in [3.8, 4) is 0 Å². The summed E-state index contributed by atoms with van der Waals surface area (Å²) in [6.45, 7) is 0.0753. The molecule has 0 amide bonds. The van der Waals surface area contributed by atoms with Gasteiger partial charge in [-0.05, 0) is 30.3 Å². The van der Waals surface area contributed by atoms with Crippen molar-refractivity contribution in [1.29, 1.82) is 0 Å². The number of rotatable bonds is 10. The monoisotopic (exact) mass is 446 g/mol. The predicted octanol–water partition coefficient (Wildman–Crippen LogP) is 3.16. The molecule has 0 heterocycles. The Bertz CT molecular complexity index is 899. The lowest BCUT2D eigenvalue weighted by molar-refractivity contribution is -0.151. The van der Waals surface area contributed by atoms with Gasteiger partial charge in [-0.3, -0.25) is 4.79 Å². The van der Waals surface area contributed by atoms with Gasteiger partial charge in [0.1, 0.15) is 19.8 Å². The first-order valence-electron chi connectivity index (χ1n) is 9.42. The molecule has 0 aliphatic carbocycles. The second kappa shape index (κ2) is 11.9. The maximum atomic E-state index is 12.2. The van der Waals surface area contributed by atoms with Crippen LogP contribution in [0.25, 0.3) is 0 Å². The number of ether oxygens (including phenoxy) is 3. The molecule has 2 rings (SSSR count). The number of hydrogen-bond acceptors (Lipinski definition) is 7. The Morgan fingerprint density at radius 3 is 1.90 bits per heavy atom. The van der Waals surface area contributed by atoms with E-state index in [1.807, 2.05) is 0 Å². The molecule has 0 spiro atoms. The molecule has 0 aliphatic heterocycles. The lowest BCUT2D eigenvalue weighted by Gasteiger charge is -2.29. The molecular weight excluding hydrogens is 424 g/mol. The molecule has 1 N–H and O–H groups in total. The van der Waals surface area contributed by atoms with Gasteiger partial charge in [-0.15, -0.1) is 11.6 Å². The highest BCUT2D eigenvalue weighted by Crippen LogP contribution is 2.21. The van der Waals surface area contributed by atoms with Gasteiger partial charge in [-0.2, -0.15) is 0 Å². The smallest absolute Gasteiger partial charge is 0.338 e. The van der Waals surface area contributed by atoms with Crippen LogP contribution in [0.15, 0.2) is 72.8 Å². The topological polar surface area (TPSA) is 99.1 Å². The summed E-state index contributed by atoms with van der Waals surface area (Å²) < 4.78 is 15.2. The lowest BCUT2D eigenvalue weighted by Crippen LogP contribution is -2.48. The molecule has 164 valence electrons. The largest absolute Gasteiger partial charge is 0.463 e. The van der Waals surface area contributed by atoms with Crippen LogP contribution >= 0.6 is 11.6 Å². The van der Waals surface area contributed by atoms with Crippen LogP contribution in [0.2, 0.25) is 0 Å². The summed E-state index contributed by atoms with van der Waals surface area (Å²) in [4.78, 5) is 35.3. The number of carbonyl (C=O) groups excluding carboxylic acids is 3.